The van der Waals surface area contributed by atoms with Crippen LogP contribution >= 0.6 is 11.6 Å². The zero-order valence-electron chi connectivity index (χ0n) is 9.05. The maximum absolute atomic E-state index is 11.1. The molecule has 0 bridgehead atoms. The lowest BCUT2D eigenvalue weighted by molar-refractivity contribution is 0.0688. The van der Waals surface area contributed by atoms with Crippen LogP contribution < -0.4 is 4.74 Å². The van der Waals surface area contributed by atoms with Gasteiger partial charge in [0.15, 0.2) is 0 Å². The minimum absolute atomic E-state index is 0.0968. The molecule has 0 saturated heterocycles. The standard InChI is InChI=1S/C12H10ClNO3/c1-17-11-5-3-2-4-9(11)14-7-8(13)6-10(14)12(15)16/h2-7H,1H3,(H,15,16). The molecule has 0 saturated carbocycles. The first-order valence-electron chi connectivity index (χ1n) is 4.88. The van der Waals surface area contributed by atoms with Gasteiger partial charge in [-0.05, 0) is 18.2 Å². The topological polar surface area (TPSA) is 51.5 Å². The van der Waals surface area contributed by atoms with Gasteiger partial charge < -0.3 is 14.4 Å². The zero-order valence-corrected chi connectivity index (χ0v) is 9.81. The van der Waals surface area contributed by atoms with Gasteiger partial charge in [-0.15, -0.1) is 0 Å². The number of halogens is 1. The number of methoxy groups -OCH3 is 1. The van der Waals surface area contributed by atoms with Crippen molar-refractivity contribution in [2.45, 2.75) is 0 Å². The Kier molecular flexibility index (Phi) is 3.06. The summed E-state index contributed by atoms with van der Waals surface area (Å²) in [6.07, 6.45) is 1.54. The van der Waals surface area contributed by atoms with Crippen LogP contribution in [0.2, 0.25) is 5.02 Å². The molecule has 88 valence electrons. The summed E-state index contributed by atoms with van der Waals surface area (Å²) in [6.45, 7) is 0. The quantitative estimate of drug-likeness (QED) is 0.913. The Hall–Kier alpha value is -1.94. The van der Waals surface area contributed by atoms with Crippen LogP contribution in [0.3, 0.4) is 0 Å². The van der Waals surface area contributed by atoms with E-state index in [4.69, 9.17) is 21.4 Å². The van der Waals surface area contributed by atoms with Crippen molar-refractivity contribution in [1.29, 1.82) is 0 Å². The predicted octanol–water partition coefficient (Wildman–Crippen LogP) is 2.84. The molecule has 0 aliphatic carbocycles. The van der Waals surface area contributed by atoms with Gasteiger partial charge in [-0.25, -0.2) is 4.79 Å². The number of hydrogen-bond donors (Lipinski definition) is 1. The third kappa shape index (κ3) is 2.12. The van der Waals surface area contributed by atoms with E-state index in [1.807, 2.05) is 6.07 Å². The average Bonchev–Trinajstić information content (AvgIpc) is 2.71. The van der Waals surface area contributed by atoms with Crippen molar-refractivity contribution in [2.75, 3.05) is 7.11 Å². The summed E-state index contributed by atoms with van der Waals surface area (Å²) in [5.74, 6) is -0.454. The van der Waals surface area contributed by atoms with E-state index in [0.29, 0.717) is 16.5 Å². The molecule has 2 aromatic rings. The molecule has 0 fully saturated rings. The number of benzene rings is 1. The summed E-state index contributed by atoms with van der Waals surface area (Å²) in [5.41, 5.74) is 0.735. The molecule has 0 aliphatic heterocycles. The van der Waals surface area contributed by atoms with Gasteiger partial charge in [0, 0.05) is 6.20 Å². The lowest BCUT2D eigenvalue weighted by Gasteiger charge is -2.10. The highest BCUT2D eigenvalue weighted by atomic mass is 35.5. The van der Waals surface area contributed by atoms with E-state index >= 15 is 0 Å². The molecule has 0 unspecified atom stereocenters. The Morgan fingerprint density at radius 3 is 2.76 bits per heavy atom. The second-order valence-electron chi connectivity index (χ2n) is 3.39. The first kappa shape index (κ1) is 11.5. The second kappa shape index (κ2) is 4.51. The lowest BCUT2D eigenvalue weighted by atomic mass is 10.3. The second-order valence-corrected chi connectivity index (χ2v) is 3.83. The van der Waals surface area contributed by atoms with Crippen molar-refractivity contribution < 1.29 is 14.6 Å². The number of para-hydroxylation sites is 2. The van der Waals surface area contributed by atoms with E-state index in [1.165, 1.54) is 17.7 Å². The van der Waals surface area contributed by atoms with Gasteiger partial charge >= 0.3 is 5.97 Å². The molecule has 0 spiro atoms. The van der Waals surface area contributed by atoms with Gasteiger partial charge in [0.2, 0.25) is 0 Å². The number of rotatable bonds is 3. The van der Waals surface area contributed by atoms with E-state index in [-0.39, 0.29) is 5.69 Å². The van der Waals surface area contributed by atoms with Gasteiger partial charge in [0.05, 0.1) is 17.8 Å². The van der Waals surface area contributed by atoms with E-state index in [9.17, 15) is 4.79 Å². The number of aromatic carboxylic acids is 1. The summed E-state index contributed by atoms with van der Waals surface area (Å²) in [4.78, 5) is 11.1. The fraction of sp³-hybridized carbons (Fsp3) is 0.0833. The van der Waals surface area contributed by atoms with Crippen LogP contribution in [-0.2, 0) is 0 Å². The van der Waals surface area contributed by atoms with Crippen molar-refractivity contribution in [1.82, 2.24) is 4.57 Å². The minimum Gasteiger partial charge on any atom is -0.495 e. The molecular formula is C12H10ClNO3. The Balaban J connectivity index is 2.63. The Morgan fingerprint density at radius 1 is 1.41 bits per heavy atom. The van der Waals surface area contributed by atoms with E-state index in [1.54, 1.807) is 24.4 Å². The first-order chi connectivity index (χ1) is 8.13. The first-order valence-corrected chi connectivity index (χ1v) is 5.26. The molecule has 1 heterocycles. The summed E-state index contributed by atoms with van der Waals surface area (Å²) >= 11 is 5.83. The van der Waals surface area contributed by atoms with Gasteiger partial charge in [0.1, 0.15) is 11.4 Å². The third-order valence-corrected chi connectivity index (χ3v) is 2.56. The summed E-state index contributed by atoms with van der Waals surface area (Å²) in [5, 5.41) is 9.45. The van der Waals surface area contributed by atoms with Crippen molar-refractivity contribution in [3.05, 3.63) is 47.2 Å². The average molecular weight is 252 g/mol. The van der Waals surface area contributed by atoms with Crippen LogP contribution in [0, 0.1) is 0 Å². The van der Waals surface area contributed by atoms with Crippen LogP contribution in [-0.4, -0.2) is 22.8 Å². The van der Waals surface area contributed by atoms with Crippen LogP contribution in [0.1, 0.15) is 10.5 Å². The van der Waals surface area contributed by atoms with Crippen molar-refractivity contribution >= 4 is 17.6 Å². The van der Waals surface area contributed by atoms with Crippen molar-refractivity contribution in [3.8, 4) is 11.4 Å². The van der Waals surface area contributed by atoms with Crippen molar-refractivity contribution in [3.63, 3.8) is 0 Å². The smallest absolute Gasteiger partial charge is 0.352 e. The fourth-order valence-electron chi connectivity index (χ4n) is 1.62. The molecular weight excluding hydrogens is 242 g/mol. The minimum atomic E-state index is -1.04. The van der Waals surface area contributed by atoms with Crippen LogP contribution in [0.5, 0.6) is 5.75 Å². The molecule has 0 amide bonds. The highest BCUT2D eigenvalue weighted by Crippen LogP contribution is 2.26. The number of ether oxygens (including phenoxy) is 1. The van der Waals surface area contributed by atoms with E-state index in [2.05, 4.69) is 0 Å². The molecule has 0 radical (unpaired) electrons. The molecule has 1 aromatic heterocycles. The molecule has 17 heavy (non-hydrogen) atoms. The Labute approximate surface area is 103 Å². The van der Waals surface area contributed by atoms with Crippen LogP contribution in [0.15, 0.2) is 36.5 Å². The van der Waals surface area contributed by atoms with Gasteiger partial charge in [0.25, 0.3) is 0 Å². The largest absolute Gasteiger partial charge is 0.495 e. The van der Waals surface area contributed by atoms with Crippen LogP contribution in [0.4, 0.5) is 0 Å². The predicted molar refractivity (Wildman–Crippen MR) is 64.3 cm³/mol. The van der Waals surface area contributed by atoms with Crippen molar-refractivity contribution in [2.24, 2.45) is 0 Å². The number of nitrogens with zero attached hydrogens (tertiary/aromatic N) is 1. The van der Waals surface area contributed by atoms with E-state index in [0.717, 1.165) is 0 Å². The number of hydrogen-bond acceptors (Lipinski definition) is 2. The number of carboxylic acid groups (broad SMARTS) is 1. The van der Waals surface area contributed by atoms with Gasteiger partial charge in [-0.3, -0.25) is 0 Å². The zero-order chi connectivity index (χ0) is 12.4. The van der Waals surface area contributed by atoms with Gasteiger partial charge in [-0.1, -0.05) is 23.7 Å². The van der Waals surface area contributed by atoms with E-state index < -0.39 is 5.97 Å². The molecule has 0 aliphatic rings. The summed E-state index contributed by atoms with van der Waals surface area (Å²) in [6, 6.07) is 8.54. The Bertz CT molecular complexity index is 563. The molecule has 1 aromatic carbocycles. The maximum atomic E-state index is 11.1. The fourth-order valence-corrected chi connectivity index (χ4v) is 1.82. The normalized spacial score (nSPS) is 10.2. The molecule has 4 nitrogen and oxygen atoms in total. The maximum Gasteiger partial charge on any atom is 0.352 e. The number of aromatic nitrogens is 1. The monoisotopic (exact) mass is 251 g/mol. The number of carboxylic acids is 1. The highest BCUT2D eigenvalue weighted by molar-refractivity contribution is 6.31. The number of carbonyl (C=O) groups is 1. The SMILES string of the molecule is COc1ccccc1-n1cc(Cl)cc1C(=O)O. The van der Waals surface area contributed by atoms with Crippen LogP contribution in [0.25, 0.3) is 5.69 Å². The Morgan fingerprint density at radius 2 is 2.12 bits per heavy atom. The third-order valence-electron chi connectivity index (χ3n) is 2.35. The summed E-state index contributed by atoms with van der Waals surface area (Å²) < 4.78 is 6.68. The molecule has 1 N–H and O–H groups in total. The lowest BCUT2D eigenvalue weighted by Crippen LogP contribution is -2.06. The summed E-state index contributed by atoms with van der Waals surface area (Å²) in [7, 11) is 1.53. The molecule has 0 atom stereocenters. The van der Waals surface area contributed by atoms with Gasteiger partial charge in [-0.2, -0.15) is 0 Å². The highest BCUT2D eigenvalue weighted by Gasteiger charge is 2.15. The molecule has 5 heteroatoms. The molecule has 2 rings (SSSR count).